The Morgan fingerprint density at radius 3 is 2.81 bits per heavy atom. The lowest BCUT2D eigenvalue weighted by Crippen LogP contribution is -2.53. The van der Waals surface area contributed by atoms with E-state index in [0.29, 0.717) is 11.7 Å². The average molecular weight is 234 g/mol. The number of hydrogen-bond acceptors (Lipinski definition) is 2. The summed E-state index contributed by atoms with van der Waals surface area (Å²) in [5.74, 6) is 0.0183. The molecule has 16 heavy (non-hydrogen) atoms. The molecule has 4 heteroatoms. The maximum Gasteiger partial charge on any atom is 0.230 e. The van der Waals surface area contributed by atoms with E-state index in [1.807, 2.05) is 30.0 Å². The van der Waals surface area contributed by atoms with Crippen LogP contribution in [0.25, 0.3) is 0 Å². The van der Waals surface area contributed by atoms with Gasteiger partial charge < -0.3 is 10.2 Å². The minimum Gasteiger partial charge on any atom is -0.344 e. The molecule has 84 valence electrons. The van der Waals surface area contributed by atoms with E-state index in [0.717, 1.165) is 6.54 Å². The molecule has 0 radical (unpaired) electrons. The topological polar surface area (TPSA) is 32.3 Å². The van der Waals surface area contributed by atoms with E-state index < -0.39 is 0 Å². The van der Waals surface area contributed by atoms with Gasteiger partial charge in [0.25, 0.3) is 0 Å². The summed E-state index contributed by atoms with van der Waals surface area (Å²) in [6, 6.07) is 10.1. The standard InChI is InChI=1S/C12H14N2OS/c1-9-7-14(12(16)13-11(9)15)8-10-5-3-2-4-6-10/h2-6,9H,7-8H2,1H3,(H,13,15,16)/t9-/m0/s1. The molecule has 0 unspecified atom stereocenters. The Bertz CT molecular complexity index is 405. The maximum atomic E-state index is 11.4. The molecule has 0 aliphatic carbocycles. The van der Waals surface area contributed by atoms with E-state index in [2.05, 4.69) is 17.4 Å². The highest BCUT2D eigenvalue weighted by Gasteiger charge is 2.26. The first-order valence-electron chi connectivity index (χ1n) is 5.30. The molecule has 0 spiro atoms. The van der Waals surface area contributed by atoms with Crippen LogP contribution in [0.15, 0.2) is 30.3 Å². The second kappa shape index (κ2) is 4.61. The molecular weight excluding hydrogens is 220 g/mol. The Kier molecular flexibility index (Phi) is 3.19. The SMILES string of the molecule is C[C@H]1CN(Cc2ccccc2)C(=S)NC1=O. The lowest BCUT2D eigenvalue weighted by molar-refractivity contribution is -0.124. The fourth-order valence-electron chi connectivity index (χ4n) is 1.74. The second-order valence-corrected chi connectivity index (χ2v) is 4.45. The van der Waals surface area contributed by atoms with Crippen LogP contribution in [0.1, 0.15) is 12.5 Å². The fourth-order valence-corrected chi connectivity index (χ4v) is 1.98. The van der Waals surface area contributed by atoms with Gasteiger partial charge in [0.2, 0.25) is 5.91 Å². The molecule has 2 rings (SSSR count). The van der Waals surface area contributed by atoms with Crippen LogP contribution >= 0.6 is 12.2 Å². The molecule has 1 aromatic rings. The number of carbonyl (C=O) groups excluding carboxylic acids is 1. The molecule has 1 saturated heterocycles. The molecule has 1 amide bonds. The van der Waals surface area contributed by atoms with Gasteiger partial charge in [-0.2, -0.15) is 0 Å². The van der Waals surface area contributed by atoms with E-state index in [4.69, 9.17) is 12.2 Å². The molecule has 0 saturated carbocycles. The minimum atomic E-state index is -0.00425. The van der Waals surface area contributed by atoms with Gasteiger partial charge in [0.1, 0.15) is 0 Å². The molecule has 0 aromatic heterocycles. The molecule has 1 aromatic carbocycles. The highest BCUT2D eigenvalue weighted by atomic mass is 32.1. The quantitative estimate of drug-likeness (QED) is 0.788. The van der Waals surface area contributed by atoms with Gasteiger partial charge in [0, 0.05) is 13.1 Å². The summed E-state index contributed by atoms with van der Waals surface area (Å²) in [6.45, 7) is 3.36. The number of carbonyl (C=O) groups is 1. The Morgan fingerprint density at radius 1 is 1.44 bits per heavy atom. The lowest BCUT2D eigenvalue weighted by Gasteiger charge is -2.32. The molecule has 1 atom stereocenters. The van der Waals surface area contributed by atoms with Crippen molar-refractivity contribution in [1.82, 2.24) is 10.2 Å². The highest BCUT2D eigenvalue weighted by Crippen LogP contribution is 2.12. The fraction of sp³-hybridized carbons (Fsp3) is 0.333. The van der Waals surface area contributed by atoms with Crippen molar-refractivity contribution in [1.29, 1.82) is 0 Å². The number of benzene rings is 1. The van der Waals surface area contributed by atoms with E-state index in [9.17, 15) is 4.79 Å². The molecule has 1 aliphatic rings. The molecule has 1 fully saturated rings. The van der Waals surface area contributed by atoms with Crippen LogP contribution in [0.3, 0.4) is 0 Å². The van der Waals surface area contributed by atoms with Crippen molar-refractivity contribution in [3.05, 3.63) is 35.9 Å². The predicted octanol–water partition coefficient (Wildman–Crippen LogP) is 1.54. The van der Waals surface area contributed by atoms with E-state index in [-0.39, 0.29) is 11.8 Å². The largest absolute Gasteiger partial charge is 0.344 e. The van der Waals surface area contributed by atoms with Gasteiger partial charge in [0.15, 0.2) is 5.11 Å². The van der Waals surface area contributed by atoms with Gasteiger partial charge in [0.05, 0.1) is 5.92 Å². The van der Waals surface area contributed by atoms with Gasteiger partial charge in [-0.05, 0) is 17.8 Å². The number of nitrogens with one attached hydrogen (secondary N) is 1. The molecule has 3 nitrogen and oxygen atoms in total. The van der Waals surface area contributed by atoms with Crippen LogP contribution in [0.5, 0.6) is 0 Å². The minimum absolute atomic E-state index is 0.00425. The summed E-state index contributed by atoms with van der Waals surface area (Å²) >= 11 is 5.15. The zero-order chi connectivity index (χ0) is 11.5. The lowest BCUT2D eigenvalue weighted by atomic mass is 10.1. The van der Waals surface area contributed by atoms with Crippen LogP contribution in [0.4, 0.5) is 0 Å². The van der Waals surface area contributed by atoms with Crippen LogP contribution < -0.4 is 5.32 Å². The zero-order valence-electron chi connectivity index (χ0n) is 9.14. The first-order chi connectivity index (χ1) is 7.66. The third-order valence-corrected chi connectivity index (χ3v) is 3.04. The Labute approximate surface area is 100 Å². The van der Waals surface area contributed by atoms with Gasteiger partial charge in [-0.1, -0.05) is 37.3 Å². The Hall–Kier alpha value is -1.42. The first-order valence-corrected chi connectivity index (χ1v) is 5.71. The summed E-state index contributed by atoms with van der Waals surface area (Å²) in [5.41, 5.74) is 1.20. The smallest absolute Gasteiger partial charge is 0.230 e. The summed E-state index contributed by atoms with van der Waals surface area (Å²) in [4.78, 5) is 13.4. The number of rotatable bonds is 2. The van der Waals surface area contributed by atoms with Crippen molar-refractivity contribution in [3.63, 3.8) is 0 Å². The van der Waals surface area contributed by atoms with E-state index in [1.165, 1.54) is 5.56 Å². The third-order valence-electron chi connectivity index (χ3n) is 2.68. The van der Waals surface area contributed by atoms with Crippen molar-refractivity contribution in [2.45, 2.75) is 13.5 Å². The van der Waals surface area contributed by atoms with Crippen molar-refractivity contribution in [2.75, 3.05) is 6.54 Å². The van der Waals surface area contributed by atoms with Crippen molar-refractivity contribution in [2.24, 2.45) is 5.92 Å². The highest BCUT2D eigenvalue weighted by molar-refractivity contribution is 7.80. The number of nitrogens with zero attached hydrogens (tertiary/aromatic N) is 1. The summed E-state index contributed by atoms with van der Waals surface area (Å²) in [5, 5.41) is 3.25. The maximum absolute atomic E-state index is 11.4. The normalized spacial score (nSPS) is 20.8. The molecule has 1 aliphatic heterocycles. The van der Waals surface area contributed by atoms with Gasteiger partial charge in [-0.15, -0.1) is 0 Å². The van der Waals surface area contributed by atoms with Gasteiger partial charge >= 0.3 is 0 Å². The van der Waals surface area contributed by atoms with Crippen molar-refractivity contribution in [3.8, 4) is 0 Å². The van der Waals surface area contributed by atoms with E-state index >= 15 is 0 Å². The van der Waals surface area contributed by atoms with Gasteiger partial charge in [-0.3, -0.25) is 4.79 Å². The van der Waals surface area contributed by atoms with Crippen LogP contribution in [-0.4, -0.2) is 22.5 Å². The number of thiocarbonyl (C=S) groups is 1. The van der Waals surface area contributed by atoms with Crippen molar-refractivity contribution >= 4 is 23.2 Å². The Balaban J connectivity index is 2.05. The predicted molar refractivity (Wildman–Crippen MR) is 66.8 cm³/mol. The molecule has 1 heterocycles. The second-order valence-electron chi connectivity index (χ2n) is 4.06. The summed E-state index contributed by atoms with van der Waals surface area (Å²) < 4.78 is 0. The van der Waals surface area contributed by atoms with Gasteiger partial charge in [-0.25, -0.2) is 0 Å². The summed E-state index contributed by atoms with van der Waals surface area (Å²) in [7, 11) is 0. The number of hydrogen-bond donors (Lipinski definition) is 1. The van der Waals surface area contributed by atoms with Crippen LogP contribution in [0, 0.1) is 5.92 Å². The van der Waals surface area contributed by atoms with Crippen LogP contribution in [0.2, 0.25) is 0 Å². The van der Waals surface area contributed by atoms with E-state index in [1.54, 1.807) is 0 Å². The molecular formula is C12H14N2OS. The average Bonchev–Trinajstić information content (AvgIpc) is 2.27. The van der Waals surface area contributed by atoms with Crippen LogP contribution in [-0.2, 0) is 11.3 Å². The first kappa shape index (κ1) is 11.1. The monoisotopic (exact) mass is 234 g/mol. The van der Waals surface area contributed by atoms with Crippen molar-refractivity contribution < 1.29 is 4.79 Å². The Morgan fingerprint density at radius 2 is 2.12 bits per heavy atom. The number of amides is 1. The molecule has 1 N–H and O–H groups in total. The molecule has 0 bridgehead atoms. The zero-order valence-corrected chi connectivity index (χ0v) is 9.96. The summed E-state index contributed by atoms with van der Waals surface area (Å²) in [6.07, 6.45) is 0. The third kappa shape index (κ3) is 2.39.